The van der Waals surface area contributed by atoms with E-state index in [0.29, 0.717) is 0 Å². The molecule has 0 amide bonds. The Labute approximate surface area is 171 Å². The number of thiazole rings is 1. The number of nitrogens with one attached hydrogen (secondary N) is 2. The van der Waals surface area contributed by atoms with Gasteiger partial charge in [-0.05, 0) is 30.5 Å². The lowest BCUT2D eigenvalue weighted by molar-refractivity contribution is 0.414. The summed E-state index contributed by atoms with van der Waals surface area (Å²) in [7, 11) is 3.47. The molecule has 7 heteroatoms. The van der Waals surface area contributed by atoms with Gasteiger partial charge in [-0.3, -0.25) is 4.99 Å². The molecule has 0 bridgehead atoms. The number of guanidine groups is 1. The predicted molar refractivity (Wildman–Crippen MR) is 117 cm³/mol. The number of nitrogens with zero attached hydrogens (tertiary/aromatic N) is 2. The van der Waals surface area contributed by atoms with Crippen molar-refractivity contribution in [3.8, 4) is 5.75 Å². The van der Waals surface area contributed by atoms with Gasteiger partial charge >= 0.3 is 0 Å². The largest absolute Gasteiger partial charge is 0.497 e. The molecule has 0 saturated carbocycles. The summed E-state index contributed by atoms with van der Waals surface area (Å²) in [5.74, 6) is 1.71. The Morgan fingerprint density at radius 1 is 1.16 bits per heavy atom. The molecule has 1 aromatic heterocycles. The fraction of sp³-hybridized carbons (Fsp3) is 0.444. The van der Waals surface area contributed by atoms with E-state index in [2.05, 4.69) is 45.0 Å². The Morgan fingerprint density at radius 2 is 1.84 bits per heavy atom. The molecule has 0 atom stereocenters. The quantitative estimate of drug-likeness (QED) is 0.350. The summed E-state index contributed by atoms with van der Waals surface area (Å²) in [4.78, 5) is 8.83. The zero-order chi connectivity index (χ0) is 17.2. The number of methoxy groups -OCH3 is 1. The van der Waals surface area contributed by atoms with Crippen LogP contribution in [0.25, 0.3) is 0 Å². The van der Waals surface area contributed by atoms with Gasteiger partial charge in [0, 0.05) is 31.9 Å². The van der Waals surface area contributed by atoms with Gasteiger partial charge in [-0.25, -0.2) is 4.98 Å². The van der Waals surface area contributed by atoms with E-state index in [1.165, 1.54) is 10.6 Å². The van der Waals surface area contributed by atoms with Crippen LogP contribution >= 0.6 is 35.3 Å². The van der Waals surface area contributed by atoms with Gasteiger partial charge in [0.15, 0.2) is 5.96 Å². The van der Waals surface area contributed by atoms with Gasteiger partial charge < -0.3 is 15.4 Å². The van der Waals surface area contributed by atoms with Crippen molar-refractivity contribution in [2.24, 2.45) is 4.99 Å². The third-order valence-corrected chi connectivity index (χ3v) is 4.71. The first-order valence-corrected chi connectivity index (χ1v) is 9.13. The predicted octanol–water partition coefficient (Wildman–Crippen LogP) is 3.28. The average molecular weight is 474 g/mol. The van der Waals surface area contributed by atoms with Gasteiger partial charge in [0.2, 0.25) is 0 Å². The number of hydrogen-bond donors (Lipinski definition) is 2. The summed E-state index contributed by atoms with van der Waals surface area (Å²) in [6, 6.07) is 8.15. The van der Waals surface area contributed by atoms with Crippen LogP contribution in [0.4, 0.5) is 0 Å². The summed E-state index contributed by atoms with van der Waals surface area (Å²) in [6.07, 6.45) is 2.86. The van der Waals surface area contributed by atoms with E-state index in [1.807, 2.05) is 12.1 Å². The van der Waals surface area contributed by atoms with Crippen LogP contribution in [0.5, 0.6) is 5.75 Å². The Kier molecular flexibility index (Phi) is 10.5. The van der Waals surface area contributed by atoms with Crippen molar-refractivity contribution >= 4 is 41.3 Å². The van der Waals surface area contributed by atoms with E-state index in [-0.39, 0.29) is 24.0 Å². The van der Waals surface area contributed by atoms with Crippen molar-refractivity contribution in [1.29, 1.82) is 0 Å². The second-order valence-electron chi connectivity index (χ2n) is 5.36. The molecule has 0 spiro atoms. The fourth-order valence-corrected chi connectivity index (χ4v) is 3.05. The summed E-state index contributed by atoms with van der Waals surface area (Å²) in [5.41, 5.74) is 2.42. The van der Waals surface area contributed by atoms with Crippen molar-refractivity contribution in [2.45, 2.75) is 26.2 Å². The molecule has 0 saturated heterocycles. The van der Waals surface area contributed by atoms with Crippen LogP contribution in [0.15, 0.2) is 34.6 Å². The molecule has 0 fully saturated rings. The van der Waals surface area contributed by atoms with Gasteiger partial charge in [0.25, 0.3) is 0 Å². The molecule has 2 N–H and O–H groups in total. The number of benzene rings is 1. The van der Waals surface area contributed by atoms with Gasteiger partial charge in [0.05, 0.1) is 17.8 Å². The Balaban J connectivity index is 0.00000312. The van der Waals surface area contributed by atoms with Crippen LogP contribution in [0, 0.1) is 0 Å². The minimum Gasteiger partial charge on any atom is -0.497 e. The molecule has 0 aliphatic rings. The van der Waals surface area contributed by atoms with Crippen LogP contribution in [0.3, 0.4) is 0 Å². The average Bonchev–Trinajstić information content (AvgIpc) is 3.09. The van der Waals surface area contributed by atoms with Gasteiger partial charge in [-0.15, -0.1) is 35.3 Å². The first-order valence-electron chi connectivity index (χ1n) is 8.26. The molecule has 1 heterocycles. The smallest absolute Gasteiger partial charge is 0.190 e. The maximum atomic E-state index is 5.17. The lowest BCUT2D eigenvalue weighted by atomic mass is 10.1. The third-order valence-electron chi connectivity index (χ3n) is 3.66. The number of aromatic nitrogens is 1. The molecule has 25 heavy (non-hydrogen) atoms. The highest BCUT2D eigenvalue weighted by Crippen LogP contribution is 2.11. The van der Waals surface area contributed by atoms with Crippen molar-refractivity contribution in [3.63, 3.8) is 0 Å². The van der Waals surface area contributed by atoms with Gasteiger partial charge in [0.1, 0.15) is 5.75 Å². The third kappa shape index (κ3) is 7.60. The molecule has 0 radical (unpaired) electrons. The fourth-order valence-electron chi connectivity index (χ4n) is 2.27. The number of ether oxygens (including phenoxy) is 1. The molecule has 1 aromatic carbocycles. The van der Waals surface area contributed by atoms with Crippen molar-refractivity contribution < 1.29 is 4.74 Å². The van der Waals surface area contributed by atoms with Crippen molar-refractivity contribution in [1.82, 2.24) is 15.6 Å². The van der Waals surface area contributed by atoms with Crippen LogP contribution in [-0.4, -0.2) is 38.2 Å². The molecule has 0 aliphatic heterocycles. The Bertz CT molecular complexity index is 643. The summed E-state index contributed by atoms with van der Waals surface area (Å²) >= 11 is 1.73. The normalized spacial score (nSPS) is 10.9. The van der Waals surface area contributed by atoms with Crippen LogP contribution in [0.2, 0.25) is 0 Å². The summed E-state index contributed by atoms with van der Waals surface area (Å²) in [6.45, 7) is 3.80. The SMILES string of the molecule is CCc1nc(CCNC(=NC)NCCc2ccc(OC)cc2)cs1.I. The maximum absolute atomic E-state index is 5.17. The van der Waals surface area contributed by atoms with E-state index in [9.17, 15) is 0 Å². The number of halogens is 1. The van der Waals surface area contributed by atoms with Gasteiger partial charge in [-0.2, -0.15) is 0 Å². The van der Waals surface area contributed by atoms with E-state index in [1.54, 1.807) is 25.5 Å². The number of aryl methyl sites for hydroxylation is 1. The molecular formula is C18H27IN4OS. The number of rotatable bonds is 8. The standard InChI is InChI=1S/C18H26N4OS.HI/c1-4-17-22-15(13-24-17)10-12-21-18(19-2)20-11-9-14-5-7-16(23-3)8-6-14;/h5-8,13H,4,9-12H2,1-3H3,(H2,19,20,21);1H. The van der Waals surface area contributed by atoms with E-state index in [0.717, 1.165) is 49.8 Å². The van der Waals surface area contributed by atoms with Crippen LogP contribution in [-0.2, 0) is 19.3 Å². The minimum absolute atomic E-state index is 0. The highest BCUT2D eigenvalue weighted by molar-refractivity contribution is 14.0. The van der Waals surface area contributed by atoms with Gasteiger partial charge in [-0.1, -0.05) is 19.1 Å². The lowest BCUT2D eigenvalue weighted by Crippen LogP contribution is -2.39. The maximum Gasteiger partial charge on any atom is 0.190 e. The highest BCUT2D eigenvalue weighted by Gasteiger charge is 2.02. The molecule has 2 rings (SSSR count). The first-order chi connectivity index (χ1) is 11.7. The van der Waals surface area contributed by atoms with E-state index in [4.69, 9.17) is 4.74 Å². The number of aliphatic imine (C=N–C) groups is 1. The van der Waals surface area contributed by atoms with Crippen molar-refractivity contribution in [2.75, 3.05) is 27.2 Å². The molecule has 2 aromatic rings. The number of hydrogen-bond acceptors (Lipinski definition) is 4. The molecule has 138 valence electrons. The molecule has 5 nitrogen and oxygen atoms in total. The zero-order valence-corrected chi connectivity index (χ0v) is 18.2. The monoisotopic (exact) mass is 474 g/mol. The lowest BCUT2D eigenvalue weighted by Gasteiger charge is -2.11. The Morgan fingerprint density at radius 3 is 2.40 bits per heavy atom. The second-order valence-corrected chi connectivity index (χ2v) is 6.30. The zero-order valence-electron chi connectivity index (χ0n) is 15.0. The van der Waals surface area contributed by atoms with Crippen molar-refractivity contribution in [3.05, 3.63) is 45.9 Å². The molecule has 0 unspecified atom stereocenters. The minimum atomic E-state index is 0. The van der Waals surface area contributed by atoms with Crippen LogP contribution < -0.4 is 15.4 Å². The molecule has 0 aliphatic carbocycles. The second kappa shape index (κ2) is 12.1. The van der Waals surface area contributed by atoms with E-state index < -0.39 is 0 Å². The Hall–Kier alpha value is -1.35. The summed E-state index contributed by atoms with van der Waals surface area (Å²) in [5, 5.41) is 10.0. The first kappa shape index (κ1) is 21.7. The summed E-state index contributed by atoms with van der Waals surface area (Å²) < 4.78 is 5.17. The topological polar surface area (TPSA) is 58.5 Å². The van der Waals surface area contributed by atoms with E-state index >= 15 is 0 Å². The molecular weight excluding hydrogens is 447 g/mol. The van der Waals surface area contributed by atoms with Crippen LogP contribution in [0.1, 0.15) is 23.2 Å². The highest BCUT2D eigenvalue weighted by atomic mass is 127.